The number of amides is 1. The highest BCUT2D eigenvalue weighted by atomic mass is 35.5. The second-order valence-electron chi connectivity index (χ2n) is 7.99. The van der Waals surface area contributed by atoms with Gasteiger partial charge in [0.05, 0.1) is 12.2 Å². The van der Waals surface area contributed by atoms with Crippen LogP contribution in [0.2, 0.25) is 5.02 Å². The van der Waals surface area contributed by atoms with Gasteiger partial charge in [-0.2, -0.15) is 0 Å². The van der Waals surface area contributed by atoms with Gasteiger partial charge in [-0.05, 0) is 54.3 Å². The highest BCUT2D eigenvalue weighted by Gasteiger charge is 2.27. The molecule has 0 aliphatic carbocycles. The molecule has 2 heterocycles. The molecule has 5 nitrogen and oxygen atoms in total. The summed E-state index contributed by atoms with van der Waals surface area (Å²) in [4.78, 5) is 14.7. The second-order valence-corrected chi connectivity index (χ2v) is 8.43. The Bertz CT molecular complexity index is 1060. The quantitative estimate of drug-likeness (QED) is 0.551. The molecule has 0 saturated carbocycles. The fraction of sp³-hybridized carbons (Fsp3) is 0.333. The molecule has 4 rings (SSSR count). The van der Waals surface area contributed by atoms with E-state index in [1.807, 2.05) is 42.2 Å². The maximum atomic E-state index is 12.9. The molecule has 0 fully saturated rings. The summed E-state index contributed by atoms with van der Waals surface area (Å²) in [5.74, 6) is 1.76. The van der Waals surface area contributed by atoms with Crippen LogP contribution < -0.4 is 4.74 Å². The number of aryl methyl sites for hydroxylation is 1. The molecular formula is C24H25ClN2O3. The minimum atomic E-state index is -0.0416. The Morgan fingerprint density at radius 3 is 2.73 bits per heavy atom. The van der Waals surface area contributed by atoms with Gasteiger partial charge in [0.15, 0.2) is 12.4 Å². The molecule has 6 heteroatoms. The predicted octanol–water partition coefficient (Wildman–Crippen LogP) is 5.39. The fourth-order valence-electron chi connectivity index (χ4n) is 3.73. The van der Waals surface area contributed by atoms with E-state index in [0.29, 0.717) is 36.2 Å². The zero-order valence-corrected chi connectivity index (χ0v) is 18.2. The third kappa shape index (κ3) is 4.21. The molecule has 0 spiro atoms. The van der Waals surface area contributed by atoms with Gasteiger partial charge < -0.3 is 14.2 Å². The number of aromatic nitrogens is 1. The Kier molecular flexibility index (Phi) is 5.82. The molecule has 156 valence electrons. The molecular weight excluding hydrogens is 400 g/mol. The molecule has 1 amide bonds. The minimum Gasteiger partial charge on any atom is -0.483 e. The molecule has 1 aliphatic heterocycles. The van der Waals surface area contributed by atoms with Gasteiger partial charge in [0.25, 0.3) is 5.91 Å². The van der Waals surface area contributed by atoms with Gasteiger partial charge >= 0.3 is 0 Å². The molecule has 30 heavy (non-hydrogen) atoms. The maximum absolute atomic E-state index is 12.9. The summed E-state index contributed by atoms with van der Waals surface area (Å²) in [7, 11) is 0. The molecule has 2 aromatic carbocycles. The van der Waals surface area contributed by atoms with Crippen LogP contribution in [0, 0.1) is 6.92 Å². The number of rotatable bonds is 5. The monoisotopic (exact) mass is 424 g/mol. The standard InChI is InChI=1S/C24H25ClN2O3/c1-15(2)19-9-4-16(3)12-22(19)29-14-23(28)27-11-10-21-20(13-27)24(30-26-21)17-5-7-18(25)8-6-17/h4-9,12,15H,10-11,13-14H2,1-3H3. The van der Waals surface area contributed by atoms with Gasteiger partial charge in [0.1, 0.15) is 5.75 Å². The first kappa shape index (κ1) is 20.5. The van der Waals surface area contributed by atoms with Gasteiger partial charge in [-0.15, -0.1) is 0 Å². The van der Waals surface area contributed by atoms with Gasteiger partial charge in [0, 0.05) is 29.1 Å². The van der Waals surface area contributed by atoms with Gasteiger partial charge in [-0.1, -0.05) is 42.7 Å². The van der Waals surface area contributed by atoms with E-state index in [9.17, 15) is 4.79 Å². The summed E-state index contributed by atoms with van der Waals surface area (Å²) < 4.78 is 11.5. The largest absolute Gasteiger partial charge is 0.483 e. The van der Waals surface area contributed by atoms with Crippen LogP contribution in [0.3, 0.4) is 0 Å². The lowest BCUT2D eigenvalue weighted by molar-refractivity contribution is -0.134. The number of nitrogens with zero attached hydrogens (tertiary/aromatic N) is 2. The van der Waals surface area contributed by atoms with Crippen molar-refractivity contribution in [3.8, 4) is 17.1 Å². The van der Waals surface area contributed by atoms with E-state index in [2.05, 4.69) is 31.1 Å². The van der Waals surface area contributed by atoms with Gasteiger partial charge in [0.2, 0.25) is 0 Å². The zero-order valence-electron chi connectivity index (χ0n) is 17.4. The zero-order chi connectivity index (χ0) is 21.3. The highest BCUT2D eigenvalue weighted by Crippen LogP contribution is 2.32. The lowest BCUT2D eigenvalue weighted by Gasteiger charge is -2.26. The molecule has 0 saturated heterocycles. The first-order chi connectivity index (χ1) is 14.4. The maximum Gasteiger partial charge on any atom is 0.260 e. The Balaban J connectivity index is 1.48. The Morgan fingerprint density at radius 1 is 1.23 bits per heavy atom. The molecule has 0 atom stereocenters. The number of hydrogen-bond donors (Lipinski definition) is 0. The number of hydrogen-bond acceptors (Lipinski definition) is 4. The number of carbonyl (C=O) groups is 1. The molecule has 0 radical (unpaired) electrons. The highest BCUT2D eigenvalue weighted by molar-refractivity contribution is 6.30. The van der Waals surface area contributed by atoms with Crippen LogP contribution in [0.15, 0.2) is 47.0 Å². The predicted molar refractivity (Wildman–Crippen MR) is 117 cm³/mol. The van der Waals surface area contributed by atoms with Crippen LogP contribution >= 0.6 is 11.6 Å². The molecule has 0 N–H and O–H groups in total. The summed E-state index contributed by atoms with van der Waals surface area (Å²) in [6.07, 6.45) is 0.667. The van der Waals surface area contributed by atoms with Crippen molar-refractivity contribution in [3.63, 3.8) is 0 Å². The van der Waals surface area contributed by atoms with Crippen LogP contribution in [-0.2, 0) is 17.8 Å². The number of benzene rings is 2. The van der Waals surface area contributed by atoms with Crippen molar-refractivity contribution in [2.45, 2.75) is 39.7 Å². The summed E-state index contributed by atoms with van der Waals surface area (Å²) in [6.45, 7) is 7.34. The van der Waals surface area contributed by atoms with E-state index in [1.54, 1.807) is 0 Å². The van der Waals surface area contributed by atoms with E-state index in [-0.39, 0.29) is 12.5 Å². The van der Waals surface area contributed by atoms with E-state index < -0.39 is 0 Å². The SMILES string of the molecule is Cc1ccc(C(C)C)c(OCC(=O)N2CCc3noc(-c4ccc(Cl)cc4)c3C2)c1. The van der Waals surface area contributed by atoms with Crippen molar-refractivity contribution in [1.29, 1.82) is 0 Å². The Labute approximate surface area is 181 Å². The lowest BCUT2D eigenvalue weighted by atomic mass is 10.0. The Hall–Kier alpha value is -2.79. The first-order valence-corrected chi connectivity index (χ1v) is 10.5. The van der Waals surface area contributed by atoms with Crippen LogP contribution in [0.4, 0.5) is 0 Å². The number of ether oxygens (including phenoxy) is 1. The average molecular weight is 425 g/mol. The van der Waals surface area contributed by atoms with Crippen molar-refractivity contribution in [2.75, 3.05) is 13.2 Å². The summed E-state index contributed by atoms with van der Waals surface area (Å²) in [5.41, 5.74) is 4.99. The third-order valence-corrected chi connectivity index (χ3v) is 5.69. The third-order valence-electron chi connectivity index (χ3n) is 5.44. The minimum absolute atomic E-state index is 0.0140. The van der Waals surface area contributed by atoms with Gasteiger partial charge in [-0.3, -0.25) is 4.79 Å². The summed E-state index contributed by atoms with van der Waals surface area (Å²) >= 11 is 5.99. The number of halogens is 1. The van der Waals surface area contributed by atoms with Crippen molar-refractivity contribution >= 4 is 17.5 Å². The van der Waals surface area contributed by atoms with Crippen LogP contribution in [0.25, 0.3) is 11.3 Å². The van der Waals surface area contributed by atoms with Crippen LogP contribution in [0.1, 0.15) is 42.1 Å². The van der Waals surface area contributed by atoms with Crippen LogP contribution in [0.5, 0.6) is 5.75 Å². The van der Waals surface area contributed by atoms with Crippen molar-refractivity contribution in [2.24, 2.45) is 0 Å². The molecule has 1 aliphatic rings. The van der Waals surface area contributed by atoms with E-state index in [4.69, 9.17) is 20.9 Å². The van der Waals surface area contributed by atoms with E-state index in [0.717, 1.165) is 33.7 Å². The molecule has 0 unspecified atom stereocenters. The van der Waals surface area contributed by atoms with Gasteiger partial charge in [-0.25, -0.2) is 0 Å². The first-order valence-electron chi connectivity index (χ1n) is 10.2. The van der Waals surface area contributed by atoms with E-state index >= 15 is 0 Å². The number of carbonyl (C=O) groups excluding carboxylic acids is 1. The van der Waals surface area contributed by atoms with Crippen molar-refractivity contribution in [3.05, 3.63) is 69.9 Å². The normalized spacial score (nSPS) is 13.4. The summed E-state index contributed by atoms with van der Waals surface area (Å²) in [6, 6.07) is 13.6. The average Bonchev–Trinajstić information content (AvgIpc) is 3.15. The number of fused-ring (bicyclic) bond motifs is 1. The Morgan fingerprint density at radius 2 is 2.00 bits per heavy atom. The smallest absolute Gasteiger partial charge is 0.260 e. The van der Waals surface area contributed by atoms with Crippen molar-refractivity contribution < 1.29 is 14.1 Å². The van der Waals surface area contributed by atoms with Crippen LogP contribution in [-0.4, -0.2) is 29.1 Å². The topological polar surface area (TPSA) is 55.6 Å². The molecule has 1 aromatic heterocycles. The second kappa shape index (κ2) is 8.52. The fourth-order valence-corrected chi connectivity index (χ4v) is 3.85. The molecule has 3 aromatic rings. The van der Waals surface area contributed by atoms with E-state index in [1.165, 1.54) is 0 Å². The summed E-state index contributed by atoms with van der Waals surface area (Å²) in [5, 5.41) is 4.87. The molecule has 0 bridgehead atoms. The van der Waals surface area contributed by atoms with Crippen molar-refractivity contribution in [1.82, 2.24) is 10.1 Å². The lowest BCUT2D eigenvalue weighted by Crippen LogP contribution is -2.38.